The molecule has 0 spiro atoms. The molecule has 0 aliphatic carbocycles. The average molecular weight is 263 g/mol. The molecule has 0 fully saturated rings. The second-order valence-corrected chi connectivity index (χ2v) is 5.49. The molecule has 0 aromatic heterocycles. The Morgan fingerprint density at radius 1 is 1.37 bits per heavy atom. The maximum atomic E-state index is 12.0. The molecule has 1 aliphatic heterocycles. The molecule has 4 nitrogen and oxygen atoms in total. The first-order chi connectivity index (χ1) is 8.94. The lowest BCUT2D eigenvalue weighted by Gasteiger charge is -2.28. The molecule has 0 bridgehead atoms. The van der Waals surface area contributed by atoms with E-state index in [0.29, 0.717) is 0 Å². The number of hydrogen-bond acceptors (Lipinski definition) is 3. The molecule has 1 N–H and O–H groups in total. The van der Waals surface area contributed by atoms with Gasteiger partial charge in [0.25, 0.3) is 0 Å². The van der Waals surface area contributed by atoms with Gasteiger partial charge in [0.15, 0.2) is 11.5 Å². The Morgan fingerprint density at radius 2 is 2.05 bits per heavy atom. The summed E-state index contributed by atoms with van der Waals surface area (Å²) < 4.78 is 10.7. The average Bonchev–Trinajstić information content (AvgIpc) is 2.84. The van der Waals surface area contributed by atoms with Gasteiger partial charge in [-0.3, -0.25) is 4.79 Å². The zero-order valence-corrected chi connectivity index (χ0v) is 11.9. The molecule has 0 saturated heterocycles. The van der Waals surface area contributed by atoms with Crippen molar-refractivity contribution in [3.8, 4) is 11.5 Å². The minimum atomic E-state index is -0.429. The van der Waals surface area contributed by atoms with E-state index in [1.54, 1.807) is 0 Å². The van der Waals surface area contributed by atoms with Gasteiger partial charge in [-0.25, -0.2) is 0 Å². The number of fused-ring (bicyclic) bond motifs is 1. The van der Waals surface area contributed by atoms with Crippen LogP contribution in [0.3, 0.4) is 0 Å². The fraction of sp³-hybridized carbons (Fsp3) is 0.533. The van der Waals surface area contributed by atoms with Gasteiger partial charge < -0.3 is 14.8 Å². The Labute approximate surface area is 114 Å². The van der Waals surface area contributed by atoms with Crippen molar-refractivity contribution in [2.24, 2.45) is 5.92 Å². The van der Waals surface area contributed by atoms with Gasteiger partial charge in [0, 0.05) is 5.92 Å². The summed E-state index contributed by atoms with van der Waals surface area (Å²) in [7, 11) is 0. The highest BCUT2D eigenvalue weighted by Crippen LogP contribution is 2.35. The number of nitrogens with one attached hydrogen (secondary N) is 1. The van der Waals surface area contributed by atoms with E-state index in [1.165, 1.54) is 0 Å². The second-order valence-electron chi connectivity index (χ2n) is 5.49. The van der Waals surface area contributed by atoms with E-state index in [9.17, 15) is 4.79 Å². The third-order valence-corrected chi connectivity index (χ3v) is 3.59. The van der Waals surface area contributed by atoms with Crippen LogP contribution in [0.2, 0.25) is 0 Å². The number of ether oxygens (including phenoxy) is 2. The van der Waals surface area contributed by atoms with Gasteiger partial charge >= 0.3 is 0 Å². The Kier molecular flexibility index (Phi) is 3.69. The fourth-order valence-electron chi connectivity index (χ4n) is 1.97. The van der Waals surface area contributed by atoms with Gasteiger partial charge in [0.05, 0.1) is 5.54 Å². The smallest absolute Gasteiger partial charge is 0.231 e. The van der Waals surface area contributed by atoms with Gasteiger partial charge in [0.1, 0.15) is 0 Å². The van der Waals surface area contributed by atoms with Crippen molar-refractivity contribution in [2.75, 3.05) is 6.79 Å². The van der Waals surface area contributed by atoms with Crippen molar-refractivity contribution >= 4 is 5.91 Å². The molecular weight excluding hydrogens is 242 g/mol. The van der Waals surface area contributed by atoms with Crippen LogP contribution in [-0.4, -0.2) is 12.7 Å². The van der Waals surface area contributed by atoms with Crippen molar-refractivity contribution in [3.63, 3.8) is 0 Å². The summed E-state index contributed by atoms with van der Waals surface area (Å²) in [6.07, 6.45) is 0.836. The van der Waals surface area contributed by atoms with Crippen LogP contribution in [-0.2, 0) is 10.3 Å². The van der Waals surface area contributed by atoms with Crippen LogP contribution in [0.1, 0.15) is 39.7 Å². The minimum absolute atomic E-state index is 0.0216. The SMILES string of the molecule is CCC(C)C(=O)NC(C)(C)c1ccc2c(c1)OCO2. The van der Waals surface area contributed by atoms with E-state index in [-0.39, 0.29) is 18.6 Å². The summed E-state index contributed by atoms with van der Waals surface area (Å²) in [5.41, 5.74) is 0.579. The Hall–Kier alpha value is -1.71. The number of carbonyl (C=O) groups excluding carboxylic acids is 1. The molecule has 104 valence electrons. The molecule has 1 aromatic carbocycles. The van der Waals surface area contributed by atoms with Crippen LogP contribution in [0, 0.1) is 5.92 Å². The largest absolute Gasteiger partial charge is 0.454 e. The van der Waals surface area contributed by atoms with Crippen molar-refractivity contribution in [2.45, 2.75) is 39.7 Å². The predicted octanol–water partition coefficient (Wildman–Crippen LogP) is 2.81. The summed E-state index contributed by atoms with van der Waals surface area (Å²) in [6.45, 7) is 8.19. The monoisotopic (exact) mass is 263 g/mol. The molecule has 19 heavy (non-hydrogen) atoms. The zero-order valence-electron chi connectivity index (χ0n) is 11.9. The molecule has 1 atom stereocenters. The summed E-state index contributed by atoms with van der Waals surface area (Å²) in [5, 5.41) is 3.08. The first-order valence-corrected chi connectivity index (χ1v) is 6.66. The van der Waals surface area contributed by atoms with E-state index in [0.717, 1.165) is 23.5 Å². The van der Waals surface area contributed by atoms with Crippen molar-refractivity contribution in [3.05, 3.63) is 23.8 Å². The number of carbonyl (C=O) groups is 1. The first kappa shape index (κ1) is 13.7. The van der Waals surface area contributed by atoms with Crippen molar-refractivity contribution in [1.82, 2.24) is 5.32 Å². The minimum Gasteiger partial charge on any atom is -0.454 e. The zero-order chi connectivity index (χ0) is 14.0. The number of rotatable bonds is 4. The topological polar surface area (TPSA) is 47.6 Å². The summed E-state index contributed by atoms with van der Waals surface area (Å²) >= 11 is 0. The summed E-state index contributed by atoms with van der Waals surface area (Å²) in [5.74, 6) is 1.59. The summed E-state index contributed by atoms with van der Waals surface area (Å²) in [4.78, 5) is 12.0. The van der Waals surface area contributed by atoms with Gasteiger partial charge in [-0.15, -0.1) is 0 Å². The third-order valence-electron chi connectivity index (χ3n) is 3.59. The Bertz CT molecular complexity index is 482. The van der Waals surface area contributed by atoms with Crippen LogP contribution in [0.5, 0.6) is 11.5 Å². The van der Waals surface area contributed by atoms with Crippen LogP contribution < -0.4 is 14.8 Å². The number of benzene rings is 1. The number of amides is 1. The lowest BCUT2D eigenvalue weighted by atomic mass is 9.92. The summed E-state index contributed by atoms with van der Waals surface area (Å²) in [6, 6.07) is 5.78. The molecular formula is C15H21NO3. The lowest BCUT2D eigenvalue weighted by Crippen LogP contribution is -2.43. The molecule has 1 unspecified atom stereocenters. The highest BCUT2D eigenvalue weighted by atomic mass is 16.7. The molecule has 1 heterocycles. The van der Waals surface area contributed by atoms with Crippen LogP contribution >= 0.6 is 0 Å². The van der Waals surface area contributed by atoms with Gasteiger partial charge in [-0.05, 0) is 38.0 Å². The maximum Gasteiger partial charge on any atom is 0.231 e. The van der Waals surface area contributed by atoms with E-state index < -0.39 is 5.54 Å². The molecule has 1 aromatic rings. The van der Waals surface area contributed by atoms with E-state index in [4.69, 9.17) is 9.47 Å². The van der Waals surface area contributed by atoms with Crippen LogP contribution in [0.4, 0.5) is 0 Å². The molecule has 0 radical (unpaired) electrons. The highest BCUT2D eigenvalue weighted by Gasteiger charge is 2.26. The standard InChI is InChI=1S/C15H21NO3/c1-5-10(2)14(17)16-15(3,4)11-6-7-12-13(8-11)19-9-18-12/h6-8,10H,5,9H2,1-4H3,(H,16,17). The van der Waals surface area contributed by atoms with E-state index in [1.807, 2.05) is 45.9 Å². The van der Waals surface area contributed by atoms with E-state index >= 15 is 0 Å². The highest BCUT2D eigenvalue weighted by molar-refractivity contribution is 5.79. The fourth-order valence-corrected chi connectivity index (χ4v) is 1.97. The molecule has 1 aliphatic rings. The normalized spacial score (nSPS) is 15.2. The molecule has 2 rings (SSSR count). The maximum absolute atomic E-state index is 12.0. The number of hydrogen-bond donors (Lipinski definition) is 1. The molecule has 0 saturated carbocycles. The lowest BCUT2D eigenvalue weighted by molar-refractivity contribution is -0.126. The quantitative estimate of drug-likeness (QED) is 0.908. The van der Waals surface area contributed by atoms with E-state index in [2.05, 4.69) is 5.32 Å². The van der Waals surface area contributed by atoms with Crippen LogP contribution in [0.25, 0.3) is 0 Å². The van der Waals surface area contributed by atoms with Crippen LogP contribution in [0.15, 0.2) is 18.2 Å². The molecule has 1 amide bonds. The Balaban J connectivity index is 2.17. The Morgan fingerprint density at radius 3 is 2.74 bits per heavy atom. The van der Waals surface area contributed by atoms with Gasteiger partial charge in [-0.1, -0.05) is 19.9 Å². The van der Waals surface area contributed by atoms with Gasteiger partial charge in [-0.2, -0.15) is 0 Å². The first-order valence-electron chi connectivity index (χ1n) is 6.66. The van der Waals surface area contributed by atoms with Crippen molar-refractivity contribution in [1.29, 1.82) is 0 Å². The van der Waals surface area contributed by atoms with Gasteiger partial charge in [0.2, 0.25) is 12.7 Å². The molecule has 4 heteroatoms. The second kappa shape index (κ2) is 5.11. The third kappa shape index (κ3) is 2.83. The predicted molar refractivity (Wildman–Crippen MR) is 73.2 cm³/mol. The van der Waals surface area contributed by atoms with Crippen molar-refractivity contribution < 1.29 is 14.3 Å².